The minimum atomic E-state index is 0.590. The fraction of sp³-hybridized carbons (Fsp3) is 0.667. The van der Waals surface area contributed by atoms with Gasteiger partial charge in [0.1, 0.15) is 0 Å². The van der Waals surface area contributed by atoms with E-state index < -0.39 is 0 Å². The zero-order valence-corrected chi connectivity index (χ0v) is 13.5. The van der Waals surface area contributed by atoms with Crippen molar-refractivity contribution in [1.82, 2.24) is 5.32 Å². The van der Waals surface area contributed by atoms with Crippen LogP contribution in [0.4, 0.5) is 5.69 Å². The summed E-state index contributed by atoms with van der Waals surface area (Å²) in [6.07, 6.45) is 2.47. The van der Waals surface area contributed by atoms with E-state index in [2.05, 4.69) is 62.2 Å². The highest BCUT2D eigenvalue weighted by Gasteiger charge is 2.20. The van der Waals surface area contributed by atoms with Crippen molar-refractivity contribution >= 4 is 5.69 Å². The van der Waals surface area contributed by atoms with Crippen molar-refractivity contribution in [2.45, 2.75) is 52.5 Å². The lowest BCUT2D eigenvalue weighted by Crippen LogP contribution is -2.43. The lowest BCUT2D eigenvalue weighted by molar-refractivity contribution is 0.387. The molecule has 2 rings (SSSR count). The fourth-order valence-corrected chi connectivity index (χ4v) is 3.14. The Morgan fingerprint density at radius 1 is 1.30 bits per heavy atom. The molecule has 20 heavy (non-hydrogen) atoms. The second-order valence-electron chi connectivity index (χ2n) is 6.57. The molecule has 2 heteroatoms. The van der Waals surface area contributed by atoms with Gasteiger partial charge >= 0.3 is 0 Å². The average molecular weight is 274 g/mol. The van der Waals surface area contributed by atoms with Crippen LogP contribution in [0, 0.1) is 5.92 Å². The van der Waals surface area contributed by atoms with Gasteiger partial charge in [0.05, 0.1) is 0 Å². The van der Waals surface area contributed by atoms with Gasteiger partial charge in [-0.3, -0.25) is 0 Å². The topological polar surface area (TPSA) is 15.3 Å². The summed E-state index contributed by atoms with van der Waals surface area (Å²) in [7, 11) is 0. The Kier molecular flexibility index (Phi) is 5.47. The SMILES string of the molecule is CCC1CCN(c2ccccc2C(C)C)CC(C)CN1. The Morgan fingerprint density at radius 2 is 2.05 bits per heavy atom. The molecule has 2 nitrogen and oxygen atoms in total. The van der Waals surface area contributed by atoms with Crippen LogP contribution in [0.25, 0.3) is 0 Å². The number of hydrogen-bond donors (Lipinski definition) is 1. The first-order chi connectivity index (χ1) is 9.61. The molecule has 1 heterocycles. The molecule has 0 amide bonds. The number of nitrogens with one attached hydrogen (secondary N) is 1. The van der Waals surface area contributed by atoms with Crippen LogP contribution in [-0.4, -0.2) is 25.7 Å². The first-order valence-corrected chi connectivity index (χ1v) is 8.19. The third-order valence-corrected chi connectivity index (χ3v) is 4.43. The van der Waals surface area contributed by atoms with E-state index in [-0.39, 0.29) is 0 Å². The summed E-state index contributed by atoms with van der Waals surface area (Å²) in [6, 6.07) is 9.62. The molecule has 1 aliphatic heterocycles. The van der Waals surface area contributed by atoms with Gasteiger partial charge in [0, 0.05) is 24.8 Å². The zero-order valence-electron chi connectivity index (χ0n) is 13.5. The molecule has 0 bridgehead atoms. The third kappa shape index (κ3) is 3.76. The average Bonchev–Trinajstić information content (AvgIpc) is 2.43. The van der Waals surface area contributed by atoms with E-state index in [1.54, 1.807) is 0 Å². The highest BCUT2D eigenvalue weighted by atomic mass is 15.1. The minimum absolute atomic E-state index is 0.590. The number of hydrogen-bond acceptors (Lipinski definition) is 2. The quantitative estimate of drug-likeness (QED) is 0.895. The van der Waals surface area contributed by atoms with E-state index in [0.29, 0.717) is 17.9 Å². The van der Waals surface area contributed by atoms with Gasteiger partial charge in [0.25, 0.3) is 0 Å². The molecule has 0 spiro atoms. The summed E-state index contributed by atoms with van der Waals surface area (Å²) < 4.78 is 0. The Balaban J connectivity index is 2.21. The number of anilines is 1. The first-order valence-electron chi connectivity index (χ1n) is 8.19. The van der Waals surface area contributed by atoms with Gasteiger partial charge in [-0.2, -0.15) is 0 Å². The monoisotopic (exact) mass is 274 g/mol. The van der Waals surface area contributed by atoms with Crippen molar-refractivity contribution in [3.8, 4) is 0 Å². The first kappa shape index (κ1) is 15.4. The highest BCUT2D eigenvalue weighted by Crippen LogP contribution is 2.28. The molecule has 1 N–H and O–H groups in total. The van der Waals surface area contributed by atoms with Crippen molar-refractivity contribution in [3.05, 3.63) is 29.8 Å². The van der Waals surface area contributed by atoms with Crippen molar-refractivity contribution in [3.63, 3.8) is 0 Å². The number of para-hydroxylation sites is 1. The summed E-state index contributed by atoms with van der Waals surface area (Å²) in [5, 5.41) is 3.70. The van der Waals surface area contributed by atoms with E-state index in [1.165, 1.54) is 30.6 Å². The highest BCUT2D eigenvalue weighted by molar-refractivity contribution is 5.55. The third-order valence-electron chi connectivity index (χ3n) is 4.43. The second-order valence-corrected chi connectivity index (χ2v) is 6.57. The van der Waals surface area contributed by atoms with Gasteiger partial charge in [-0.15, -0.1) is 0 Å². The van der Waals surface area contributed by atoms with Gasteiger partial charge in [-0.1, -0.05) is 45.9 Å². The van der Waals surface area contributed by atoms with Gasteiger partial charge in [-0.25, -0.2) is 0 Å². The van der Waals surface area contributed by atoms with Crippen LogP contribution in [0.1, 0.15) is 52.0 Å². The number of rotatable bonds is 3. The summed E-state index contributed by atoms with van der Waals surface area (Å²) in [4.78, 5) is 2.61. The minimum Gasteiger partial charge on any atom is -0.371 e. The molecular weight excluding hydrogens is 244 g/mol. The van der Waals surface area contributed by atoms with E-state index in [4.69, 9.17) is 0 Å². The Morgan fingerprint density at radius 3 is 2.75 bits per heavy atom. The molecule has 2 atom stereocenters. The van der Waals surface area contributed by atoms with E-state index in [1.807, 2.05) is 0 Å². The standard InChI is InChI=1S/C18H30N2/c1-5-16-10-11-20(13-15(4)12-19-16)18-9-7-6-8-17(18)14(2)3/h6-9,14-16,19H,5,10-13H2,1-4H3. The number of benzene rings is 1. The largest absolute Gasteiger partial charge is 0.371 e. The molecule has 1 saturated heterocycles. The van der Waals surface area contributed by atoms with Gasteiger partial charge in [0.2, 0.25) is 0 Å². The van der Waals surface area contributed by atoms with Crippen LogP contribution in [0.15, 0.2) is 24.3 Å². The maximum Gasteiger partial charge on any atom is 0.0401 e. The molecule has 1 aromatic rings. The number of nitrogens with zero attached hydrogens (tertiary/aromatic N) is 1. The molecule has 1 fully saturated rings. The summed E-state index contributed by atoms with van der Waals surface area (Å²) in [5.74, 6) is 1.29. The van der Waals surface area contributed by atoms with Gasteiger partial charge < -0.3 is 10.2 Å². The molecule has 0 saturated carbocycles. The summed E-state index contributed by atoms with van der Waals surface area (Å²) >= 11 is 0. The molecule has 112 valence electrons. The molecule has 0 aliphatic carbocycles. The zero-order chi connectivity index (χ0) is 14.5. The van der Waals surface area contributed by atoms with Crippen molar-refractivity contribution in [1.29, 1.82) is 0 Å². The van der Waals surface area contributed by atoms with Gasteiger partial charge in [-0.05, 0) is 42.9 Å². The van der Waals surface area contributed by atoms with Crippen LogP contribution in [-0.2, 0) is 0 Å². The predicted molar refractivity (Wildman–Crippen MR) is 88.6 cm³/mol. The molecule has 0 radical (unpaired) electrons. The second kappa shape index (κ2) is 7.12. The molecular formula is C18H30N2. The Hall–Kier alpha value is -1.02. The maximum absolute atomic E-state index is 3.70. The lowest BCUT2D eigenvalue weighted by Gasteiger charge is -2.35. The molecule has 2 unspecified atom stereocenters. The van der Waals surface area contributed by atoms with Gasteiger partial charge in [0.15, 0.2) is 0 Å². The lowest BCUT2D eigenvalue weighted by atomic mass is 9.98. The Bertz CT molecular complexity index is 414. The van der Waals surface area contributed by atoms with Crippen molar-refractivity contribution < 1.29 is 0 Å². The molecule has 1 aliphatic rings. The maximum atomic E-state index is 3.70. The predicted octanol–water partition coefficient (Wildman–Crippen LogP) is 4.02. The van der Waals surface area contributed by atoms with Crippen LogP contribution in [0.5, 0.6) is 0 Å². The summed E-state index contributed by atoms with van der Waals surface area (Å²) in [5.41, 5.74) is 2.94. The van der Waals surface area contributed by atoms with Crippen molar-refractivity contribution in [2.75, 3.05) is 24.5 Å². The molecule has 1 aromatic carbocycles. The summed E-state index contributed by atoms with van der Waals surface area (Å²) in [6.45, 7) is 12.7. The normalized spacial score (nSPS) is 24.6. The Labute approximate surface area is 124 Å². The van der Waals surface area contributed by atoms with E-state index >= 15 is 0 Å². The van der Waals surface area contributed by atoms with E-state index in [0.717, 1.165) is 13.1 Å². The van der Waals surface area contributed by atoms with Crippen molar-refractivity contribution in [2.24, 2.45) is 5.92 Å². The molecule has 0 aromatic heterocycles. The van der Waals surface area contributed by atoms with Crippen LogP contribution < -0.4 is 10.2 Å². The fourth-order valence-electron chi connectivity index (χ4n) is 3.14. The van der Waals surface area contributed by atoms with Crippen LogP contribution in [0.2, 0.25) is 0 Å². The van der Waals surface area contributed by atoms with Crippen LogP contribution in [0.3, 0.4) is 0 Å². The smallest absolute Gasteiger partial charge is 0.0401 e. The van der Waals surface area contributed by atoms with E-state index in [9.17, 15) is 0 Å². The van der Waals surface area contributed by atoms with Crippen LogP contribution >= 0.6 is 0 Å².